The summed E-state index contributed by atoms with van der Waals surface area (Å²) in [4.78, 5) is 1.10. The van der Waals surface area contributed by atoms with E-state index in [2.05, 4.69) is 13.8 Å². The van der Waals surface area contributed by atoms with Crippen molar-refractivity contribution in [3.63, 3.8) is 0 Å². The van der Waals surface area contributed by atoms with Crippen molar-refractivity contribution >= 4 is 33.3 Å². The quantitative estimate of drug-likeness (QED) is 0.111. The molecule has 0 radical (unpaired) electrons. The van der Waals surface area contributed by atoms with Crippen LogP contribution in [0.3, 0.4) is 0 Å². The van der Waals surface area contributed by atoms with Crippen LogP contribution in [0, 0.1) is 0 Å². The predicted molar refractivity (Wildman–Crippen MR) is 207 cm³/mol. The number of alkyl halides is 6. The van der Waals surface area contributed by atoms with E-state index in [4.69, 9.17) is 9.47 Å². The van der Waals surface area contributed by atoms with Crippen LogP contribution in [-0.2, 0) is 0 Å². The van der Waals surface area contributed by atoms with Crippen LogP contribution in [0.1, 0.15) is 116 Å². The average molecular weight is 777 g/mol. The molecule has 1 saturated carbocycles. The number of allylic oxidation sites excluding steroid dienone is 4. The van der Waals surface area contributed by atoms with E-state index in [0.29, 0.717) is 45.6 Å². The Morgan fingerprint density at radius 1 is 0.491 bits per heavy atom. The molecule has 2 aliphatic heterocycles. The summed E-state index contributed by atoms with van der Waals surface area (Å²) >= 11 is 2.52. The van der Waals surface area contributed by atoms with Gasteiger partial charge in [-0.15, -0.1) is 23.5 Å². The standard InChI is InChI=1S/C43H50F6O2S2/c1-5-7-9-11-13-15-25-50-31-21-17-29(18-22-31)35-27-33-37-38(42(46,47)43(48,49)41(37,44)45)34-28-36(53-40(34,4)39(33,3)52-35)30-19-23-32(24-20-30)51-26-16-14-12-10-8-6-2/h17-24,27-28H,5-16,25-26H2,1-4H3. The second-order valence-electron chi connectivity index (χ2n) is 14.9. The Morgan fingerprint density at radius 3 is 1.19 bits per heavy atom. The molecule has 2 aromatic rings. The van der Waals surface area contributed by atoms with Crippen molar-refractivity contribution in [3.8, 4) is 11.5 Å². The number of ether oxygens (including phenoxy) is 2. The van der Waals surface area contributed by atoms with Crippen LogP contribution < -0.4 is 9.47 Å². The summed E-state index contributed by atoms with van der Waals surface area (Å²) in [6.07, 6.45) is 16.5. The van der Waals surface area contributed by atoms with E-state index in [9.17, 15) is 0 Å². The number of halogens is 6. The number of thioether (sulfide) groups is 2. The molecule has 0 amide bonds. The summed E-state index contributed by atoms with van der Waals surface area (Å²) in [5.74, 6) is -14.4. The molecule has 0 bridgehead atoms. The van der Waals surface area contributed by atoms with E-state index < -0.39 is 38.4 Å². The Hall–Kier alpha value is -2.72. The molecule has 2 atom stereocenters. The van der Waals surface area contributed by atoms with Crippen LogP contribution in [0.5, 0.6) is 11.5 Å². The van der Waals surface area contributed by atoms with Gasteiger partial charge in [-0.3, -0.25) is 0 Å². The highest BCUT2D eigenvalue weighted by molar-refractivity contribution is 8.14. The molecule has 0 spiro atoms. The summed E-state index contributed by atoms with van der Waals surface area (Å²) < 4.78 is 103. The molecule has 53 heavy (non-hydrogen) atoms. The zero-order valence-electron chi connectivity index (χ0n) is 31.1. The number of fused-ring (bicyclic) bond motifs is 4. The molecule has 2 nitrogen and oxygen atoms in total. The van der Waals surface area contributed by atoms with Crippen LogP contribution in [0.4, 0.5) is 26.3 Å². The topological polar surface area (TPSA) is 18.5 Å². The molecule has 0 N–H and O–H groups in total. The molecule has 1 fully saturated rings. The summed E-state index contributed by atoms with van der Waals surface area (Å²) in [7, 11) is 0. The van der Waals surface area contributed by atoms with E-state index >= 15 is 26.3 Å². The number of hydrogen-bond donors (Lipinski definition) is 0. The fourth-order valence-electron chi connectivity index (χ4n) is 7.77. The van der Waals surface area contributed by atoms with Gasteiger partial charge in [0.25, 0.3) is 0 Å². The van der Waals surface area contributed by atoms with Crippen LogP contribution in [0.15, 0.2) is 83.0 Å². The van der Waals surface area contributed by atoms with Crippen molar-refractivity contribution in [2.24, 2.45) is 0 Å². The van der Waals surface area contributed by atoms with Crippen molar-refractivity contribution in [1.82, 2.24) is 0 Å². The van der Waals surface area contributed by atoms with E-state index in [-0.39, 0.29) is 11.1 Å². The van der Waals surface area contributed by atoms with Gasteiger partial charge in [-0.25, -0.2) is 0 Å². The van der Waals surface area contributed by atoms with E-state index in [1.807, 2.05) is 0 Å². The molecule has 288 valence electrons. The van der Waals surface area contributed by atoms with Gasteiger partial charge >= 0.3 is 17.8 Å². The number of hydrogen-bond acceptors (Lipinski definition) is 4. The zero-order chi connectivity index (χ0) is 38.1. The van der Waals surface area contributed by atoms with Crippen LogP contribution in [0.25, 0.3) is 9.81 Å². The Bertz CT molecular complexity index is 1630. The normalized spacial score (nSPS) is 24.9. The third-order valence-corrected chi connectivity index (χ3v) is 14.5. The average Bonchev–Trinajstić information content (AvgIpc) is 3.71. The molecule has 6 rings (SSSR count). The first-order chi connectivity index (χ1) is 25.2. The summed E-state index contributed by atoms with van der Waals surface area (Å²) in [6.45, 7) is 8.94. The molecule has 2 aliphatic carbocycles. The lowest BCUT2D eigenvalue weighted by molar-refractivity contribution is -0.258. The van der Waals surface area contributed by atoms with Gasteiger partial charge in [-0.2, -0.15) is 26.3 Å². The van der Waals surface area contributed by atoms with Gasteiger partial charge in [0.15, 0.2) is 0 Å². The molecular formula is C43H50F6O2S2. The molecule has 2 aromatic carbocycles. The van der Waals surface area contributed by atoms with Gasteiger partial charge < -0.3 is 9.47 Å². The fourth-order valence-corrected chi connectivity index (χ4v) is 10.9. The van der Waals surface area contributed by atoms with E-state index in [1.165, 1.54) is 87.0 Å². The van der Waals surface area contributed by atoms with Gasteiger partial charge in [-0.1, -0.05) is 102 Å². The second-order valence-corrected chi connectivity index (χ2v) is 17.8. The lowest BCUT2D eigenvalue weighted by Crippen LogP contribution is -2.48. The van der Waals surface area contributed by atoms with Gasteiger partial charge in [0.05, 0.1) is 22.7 Å². The van der Waals surface area contributed by atoms with Crippen LogP contribution in [-0.4, -0.2) is 40.5 Å². The van der Waals surface area contributed by atoms with Gasteiger partial charge in [0, 0.05) is 21.0 Å². The van der Waals surface area contributed by atoms with Crippen LogP contribution in [0.2, 0.25) is 0 Å². The largest absolute Gasteiger partial charge is 0.494 e. The van der Waals surface area contributed by atoms with Gasteiger partial charge in [0.1, 0.15) is 11.5 Å². The highest BCUT2D eigenvalue weighted by Crippen LogP contribution is 2.75. The first-order valence-corrected chi connectivity index (χ1v) is 20.8. The summed E-state index contributed by atoms with van der Waals surface area (Å²) in [6, 6.07) is 14.4. The second kappa shape index (κ2) is 15.8. The zero-order valence-corrected chi connectivity index (χ0v) is 32.7. The number of rotatable bonds is 18. The monoisotopic (exact) mass is 776 g/mol. The third-order valence-electron chi connectivity index (χ3n) is 11.1. The minimum absolute atomic E-state index is 0.176. The molecule has 0 aromatic heterocycles. The Labute approximate surface area is 318 Å². The smallest absolute Gasteiger partial charge is 0.380 e. The Kier molecular flexibility index (Phi) is 11.9. The van der Waals surface area contributed by atoms with Crippen molar-refractivity contribution < 1.29 is 35.8 Å². The van der Waals surface area contributed by atoms with Gasteiger partial charge in [0.2, 0.25) is 0 Å². The highest BCUT2D eigenvalue weighted by atomic mass is 32.2. The van der Waals surface area contributed by atoms with E-state index in [0.717, 1.165) is 25.7 Å². The summed E-state index contributed by atoms with van der Waals surface area (Å²) in [5.41, 5.74) is -1.51. The minimum Gasteiger partial charge on any atom is -0.494 e. The van der Waals surface area contributed by atoms with E-state index in [1.54, 1.807) is 62.4 Å². The predicted octanol–water partition coefficient (Wildman–Crippen LogP) is 14.1. The lowest BCUT2D eigenvalue weighted by Gasteiger charge is -2.47. The molecule has 0 saturated heterocycles. The lowest BCUT2D eigenvalue weighted by atomic mass is 9.71. The number of benzene rings is 2. The Balaban J connectivity index is 1.26. The SMILES string of the molecule is CCCCCCCCOc1ccc(C2=CC3=C4C(=C5C=C(c6ccc(OCCCCCCCC)cc6)SC5(C)C3(C)S2)C(F)(F)C(F)(F)C4(F)F)cc1. The first-order valence-electron chi connectivity index (χ1n) is 19.1. The van der Waals surface area contributed by atoms with Crippen molar-refractivity contribution in [3.05, 3.63) is 94.1 Å². The van der Waals surface area contributed by atoms with Gasteiger partial charge in [-0.05, 0) is 85.4 Å². The van der Waals surface area contributed by atoms with Crippen molar-refractivity contribution in [1.29, 1.82) is 0 Å². The summed E-state index contributed by atoms with van der Waals surface area (Å²) in [5, 5.41) is 0. The van der Waals surface area contributed by atoms with Crippen molar-refractivity contribution in [2.75, 3.05) is 13.2 Å². The maximum Gasteiger partial charge on any atom is 0.380 e. The third kappa shape index (κ3) is 7.13. The number of unbranched alkanes of at least 4 members (excludes halogenated alkanes) is 10. The molecular weight excluding hydrogens is 727 g/mol. The molecule has 10 heteroatoms. The van der Waals surface area contributed by atoms with Crippen molar-refractivity contribution in [2.45, 2.75) is 132 Å². The minimum atomic E-state index is -5.59. The highest BCUT2D eigenvalue weighted by Gasteiger charge is 2.84. The maximum absolute atomic E-state index is 15.8. The van der Waals surface area contributed by atoms with Crippen LogP contribution >= 0.6 is 23.5 Å². The maximum atomic E-state index is 15.8. The molecule has 2 heterocycles. The molecule has 2 unspecified atom stereocenters. The first kappa shape index (κ1) is 40.0. The Morgan fingerprint density at radius 2 is 0.830 bits per heavy atom. The fraction of sp³-hybridized carbons (Fsp3) is 0.535. The molecule has 4 aliphatic rings.